The van der Waals surface area contributed by atoms with Crippen LogP contribution in [-0.2, 0) is 24.2 Å². The fraction of sp³-hybridized carbons (Fsp3) is 0.240. The molecule has 0 saturated heterocycles. The summed E-state index contributed by atoms with van der Waals surface area (Å²) in [6.07, 6.45) is 3.28. The van der Waals surface area contributed by atoms with E-state index in [1.807, 2.05) is 40.7 Å². The van der Waals surface area contributed by atoms with Gasteiger partial charge in [0.2, 0.25) is 5.91 Å². The number of aromatic amines is 1. The Morgan fingerprint density at radius 1 is 1.13 bits per heavy atom. The van der Waals surface area contributed by atoms with Gasteiger partial charge in [0, 0.05) is 35.1 Å². The van der Waals surface area contributed by atoms with Gasteiger partial charge in [-0.2, -0.15) is 0 Å². The molecule has 30 heavy (non-hydrogen) atoms. The molecule has 4 rings (SSSR count). The summed E-state index contributed by atoms with van der Waals surface area (Å²) in [5, 5.41) is 3.17. The van der Waals surface area contributed by atoms with Crippen LogP contribution < -0.4 is 4.74 Å². The van der Waals surface area contributed by atoms with E-state index in [4.69, 9.17) is 4.74 Å². The lowest BCUT2D eigenvalue weighted by molar-refractivity contribution is -0.131. The van der Waals surface area contributed by atoms with E-state index in [0.29, 0.717) is 19.5 Å². The van der Waals surface area contributed by atoms with Gasteiger partial charge in [0.1, 0.15) is 5.75 Å². The van der Waals surface area contributed by atoms with Gasteiger partial charge in [-0.1, -0.05) is 35.9 Å². The molecule has 0 saturated carbocycles. The first-order valence-electron chi connectivity index (χ1n) is 10.1. The summed E-state index contributed by atoms with van der Waals surface area (Å²) < 4.78 is 5.38. The number of hydrogen-bond acceptors (Lipinski definition) is 3. The summed E-state index contributed by atoms with van der Waals surface area (Å²) >= 11 is 1.63. The van der Waals surface area contributed by atoms with E-state index in [2.05, 4.69) is 42.2 Å². The monoisotopic (exact) mass is 418 g/mol. The molecule has 1 amide bonds. The summed E-state index contributed by atoms with van der Waals surface area (Å²) in [5.41, 5.74) is 4.66. The van der Waals surface area contributed by atoms with Crippen molar-refractivity contribution in [1.82, 2.24) is 9.88 Å². The Hall–Kier alpha value is -3.05. The Morgan fingerprint density at radius 2 is 1.97 bits per heavy atom. The second-order valence-electron chi connectivity index (χ2n) is 7.53. The minimum absolute atomic E-state index is 0.162. The number of nitrogens with zero attached hydrogens (tertiary/aromatic N) is 1. The van der Waals surface area contributed by atoms with Crippen LogP contribution in [0.5, 0.6) is 5.75 Å². The molecule has 0 spiro atoms. The third kappa shape index (κ3) is 4.74. The second-order valence-corrected chi connectivity index (χ2v) is 8.56. The van der Waals surface area contributed by atoms with Gasteiger partial charge in [-0.3, -0.25) is 4.79 Å². The van der Waals surface area contributed by atoms with Crippen LogP contribution in [0.3, 0.4) is 0 Å². The van der Waals surface area contributed by atoms with Crippen LogP contribution in [0.15, 0.2) is 66.2 Å². The summed E-state index contributed by atoms with van der Waals surface area (Å²) in [7, 11) is 1.68. The third-order valence-electron chi connectivity index (χ3n) is 5.38. The summed E-state index contributed by atoms with van der Waals surface area (Å²) in [4.78, 5) is 19.5. The van der Waals surface area contributed by atoms with Crippen LogP contribution in [0.25, 0.3) is 10.9 Å². The zero-order valence-electron chi connectivity index (χ0n) is 17.4. The van der Waals surface area contributed by atoms with Crippen LogP contribution >= 0.6 is 11.3 Å². The summed E-state index contributed by atoms with van der Waals surface area (Å²) in [6, 6.07) is 18.5. The van der Waals surface area contributed by atoms with E-state index in [1.165, 1.54) is 11.1 Å². The average molecular weight is 419 g/mol. The topological polar surface area (TPSA) is 45.3 Å². The molecule has 2 aromatic heterocycles. The van der Waals surface area contributed by atoms with Gasteiger partial charge in [0.25, 0.3) is 0 Å². The van der Waals surface area contributed by atoms with Crippen molar-refractivity contribution in [3.05, 3.63) is 87.7 Å². The standard InChI is InChI=1S/C25H26N2O2S/c1-18-5-7-19(8-6-18)17-27(25(28)15-22-4-3-13-30-22)12-11-20-16-26-24-10-9-21(29-2)14-23(20)24/h3-10,13-14,16,26H,11-12,15,17H2,1-2H3. The first kappa shape index (κ1) is 20.2. The van der Waals surface area contributed by atoms with Crippen molar-refractivity contribution in [3.8, 4) is 5.75 Å². The zero-order valence-corrected chi connectivity index (χ0v) is 18.2. The number of methoxy groups -OCH3 is 1. The number of amides is 1. The highest BCUT2D eigenvalue weighted by molar-refractivity contribution is 7.10. The fourth-order valence-electron chi connectivity index (χ4n) is 3.63. The normalized spacial score (nSPS) is 11.0. The molecule has 1 N–H and O–H groups in total. The van der Waals surface area contributed by atoms with Crippen molar-refractivity contribution >= 4 is 28.1 Å². The Bertz CT molecular complexity index is 1110. The lowest BCUT2D eigenvalue weighted by atomic mass is 10.1. The van der Waals surface area contributed by atoms with Crippen molar-refractivity contribution in [2.75, 3.05) is 13.7 Å². The van der Waals surface area contributed by atoms with E-state index in [0.717, 1.165) is 33.5 Å². The molecular weight excluding hydrogens is 392 g/mol. The van der Waals surface area contributed by atoms with Gasteiger partial charge < -0.3 is 14.6 Å². The Labute approximate surface area is 181 Å². The van der Waals surface area contributed by atoms with Gasteiger partial charge >= 0.3 is 0 Å². The molecule has 0 radical (unpaired) electrons. The predicted octanol–water partition coefficient (Wildman–Crippen LogP) is 5.36. The number of nitrogens with one attached hydrogen (secondary N) is 1. The van der Waals surface area contributed by atoms with Crippen LogP contribution in [-0.4, -0.2) is 29.4 Å². The van der Waals surface area contributed by atoms with E-state index < -0.39 is 0 Å². The van der Waals surface area contributed by atoms with Crippen LogP contribution in [0, 0.1) is 6.92 Å². The van der Waals surface area contributed by atoms with Gasteiger partial charge in [-0.15, -0.1) is 11.3 Å². The molecule has 2 heterocycles. The molecule has 0 bridgehead atoms. The quantitative estimate of drug-likeness (QED) is 0.419. The van der Waals surface area contributed by atoms with Crippen molar-refractivity contribution < 1.29 is 9.53 Å². The van der Waals surface area contributed by atoms with Gasteiger partial charge in [-0.05, 0) is 54.1 Å². The molecule has 0 atom stereocenters. The number of fused-ring (bicyclic) bond motifs is 1. The van der Waals surface area contributed by atoms with E-state index in [9.17, 15) is 4.79 Å². The minimum atomic E-state index is 0.162. The van der Waals surface area contributed by atoms with Crippen LogP contribution in [0.4, 0.5) is 0 Å². The number of hydrogen-bond donors (Lipinski definition) is 1. The molecule has 2 aromatic carbocycles. The molecule has 4 nitrogen and oxygen atoms in total. The average Bonchev–Trinajstić information content (AvgIpc) is 3.41. The fourth-order valence-corrected chi connectivity index (χ4v) is 4.32. The number of benzene rings is 2. The number of aryl methyl sites for hydroxylation is 1. The highest BCUT2D eigenvalue weighted by Crippen LogP contribution is 2.24. The number of rotatable bonds is 8. The maximum Gasteiger partial charge on any atom is 0.228 e. The number of thiophene rings is 1. The van der Waals surface area contributed by atoms with Crippen molar-refractivity contribution in [3.63, 3.8) is 0 Å². The van der Waals surface area contributed by atoms with Crippen molar-refractivity contribution in [2.45, 2.75) is 26.3 Å². The van der Waals surface area contributed by atoms with Crippen molar-refractivity contribution in [2.24, 2.45) is 0 Å². The number of ether oxygens (including phenoxy) is 1. The number of aromatic nitrogens is 1. The van der Waals surface area contributed by atoms with Crippen LogP contribution in [0.1, 0.15) is 21.6 Å². The smallest absolute Gasteiger partial charge is 0.228 e. The van der Waals surface area contributed by atoms with Gasteiger partial charge in [0.15, 0.2) is 0 Å². The predicted molar refractivity (Wildman–Crippen MR) is 123 cm³/mol. The Balaban J connectivity index is 1.53. The third-order valence-corrected chi connectivity index (χ3v) is 6.25. The maximum absolute atomic E-state index is 13.1. The molecule has 4 aromatic rings. The Kier molecular flexibility index (Phi) is 6.19. The number of carbonyl (C=O) groups excluding carboxylic acids is 1. The molecule has 0 aliphatic heterocycles. The van der Waals surface area contributed by atoms with Crippen molar-refractivity contribution in [1.29, 1.82) is 0 Å². The first-order chi connectivity index (χ1) is 14.6. The lowest BCUT2D eigenvalue weighted by Crippen LogP contribution is -2.33. The number of carbonyl (C=O) groups is 1. The molecule has 5 heteroatoms. The van der Waals surface area contributed by atoms with E-state index in [-0.39, 0.29) is 5.91 Å². The molecule has 154 valence electrons. The van der Waals surface area contributed by atoms with E-state index in [1.54, 1.807) is 18.4 Å². The molecule has 0 aliphatic carbocycles. The Morgan fingerprint density at radius 3 is 2.70 bits per heavy atom. The SMILES string of the molecule is COc1ccc2[nH]cc(CCN(Cc3ccc(C)cc3)C(=O)Cc3cccs3)c2c1. The second kappa shape index (κ2) is 9.18. The molecule has 0 aliphatic rings. The summed E-state index contributed by atoms with van der Waals surface area (Å²) in [5.74, 6) is 1.00. The van der Waals surface area contributed by atoms with Crippen LogP contribution in [0.2, 0.25) is 0 Å². The van der Waals surface area contributed by atoms with Gasteiger partial charge in [-0.25, -0.2) is 0 Å². The van der Waals surface area contributed by atoms with E-state index >= 15 is 0 Å². The molecule has 0 fully saturated rings. The summed E-state index contributed by atoms with van der Waals surface area (Å²) in [6.45, 7) is 3.37. The highest BCUT2D eigenvalue weighted by atomic mass is 32.1. The zero-order chi connectivity index (χ0) is 20.9. The number of H-pyrrole nitrogens is 1. The first-order valence-corrected chi connectivity index (χ1v) is 11.0. The molecule has 0 unspecified atom stereocenters. The lowest BCUT2D eigenvalue weighted by Gasteiger charge is -2.23. The van der Waals surface area contributed by atoms with Gasteiger partial charge in [0.05, 0.1) is 13.5 Å². The largest absolute Gasteiger partial charge is 0.497 e. The highest BCUT2D eigenvalue weighted by Gasteiger charge is 2.16. The maximum atomic E-state index is 13.1. The minimum Gasteiger partial charge on any atom is -0.497 e. The molecular formula is C25H26N2O2S.